The topological polar surface area (TPSA) is 87.7 Å². The molecule has 0 saturated carbocycles. The van der Waals surface area contributed by atoms with Gasteiger partial charge in [-0.2, -0.15) is 5.10 Å². The fourth-order valence-corrected chi connectivity index (χ4v) is 3.34. The van der Waals surface area contributed by atoms with Crippen LogP contribution in [0.5, 0.6) is 0 Å². The summed E-state index contributed by atoms with van der Waals surface area (Å²) in [6, 6.07) is 4.83. The molecule has 0 fully saturated rings. The lowest BCUT2D eigenvalue weighted by Crippen LogP contribution is -2.26. The van der Waals surface area contributed by atoms with Gasteiger partial charge >= 0.3 is 0 Å². The second-order valence-electron chi connectivity index (χ2n) is 4.30. The summed E-state index contributed by atoms with van der Waals surface area (Å²) in [7, 11) is -3.54. The van der Waals surface area contributed by atoms with Crippen LogP contribution >= 0.6 is 11.6 Å². The highest BCUT2D eigenvalue weighted by Gasteiger charge is 2.17. The Kier molecular flexibility index (Phi) is 4.74. The van der Waals surface area contributed by atoms with Crippen LogP contribution in [0.15, 0.2) is 29.4 Å². The lowest BCUT2D eigenvalue weighted by molar-refractivity contribution is 0.577. The van der Waals surface area contributed by atoms with E-state index in [1.165, 1.54) is 6.33 Å². The predicted octanol–water partition coefficient (Wildman–Crippen LogP) is 1.68. The highest BCUT2D eigenvalue weighted by molar-refractivity contribution is 7.89. The highest BCUT2D eigenvalue weighted by Crippen LogP contribution is 2.22. The van der Waals surface area contributed by atoms with Crippen molar-refractivity contribution in [3.05, 3.63) is 40.9 Å². The third-order valence-corrected chi connectivity index (χ3v) is 4.87. The number of nitrogens with one attached hydrogen (secondary N) is 2. The van der Waals surface area contributed by atoms with E-state index in [-0.39, 0.29) is 4.90 Å². The van der Waals surface area contributed by atoms with Crippen LogP contribution in [0.4, 0.5) is 0 Å². The first-order chi connectivity index (χ1) is 9.50. The number of halogens is 1. The van der Waals surface area contributed by atoms with E-state index < -0.39 is 10.0 Å². The van der Waals surface area contributed by atoms with E-state index in [0.717, 1.165) is 5.82 Å². The molecule has 6 nitrogen and oxygen atoms in total. The number of hydrogen-bond acceptors (Lipinski definition) is 4. The number of nitrogens with zero attached hydrogens (tertiary/aromatic N) is 2. The van der Waals surface area contributed by atoms with E-state index in [1.807, 2.05) is 0 Å². The second kappa shape index (κ2) is 6.34. The number of hydrogen-bond donors (Lipinski definition) is 2. The molecule has 1 aromatic heterocycles. The summed E-state index contributed by atoms with van der Waals surface area (Å²) >= 11 is 5.94. The summed E-state index contributed by atoms with van der Waals surface area (Å²) in [4.78, 5) is 4.19. The minimum atomic E-state index is -3.54. The molecule has 2 N–H and O–H groups in total. The number of aryl methyl sites for hydroxylation is 1. The molecule has 0 bridgehead atoms. The summed E-state index contributed by atoms with van der Waals surface area (Å²) < 4.78 is 26.9. The molecule has 0 atom stereocenters. The Balaban J connectivity index is 1.95. The molecule has 2 rings (SSSR count). The molecule has 108 valence electrons. The minimum absolute atomic E-state index is 0.213. The third-order valence-electron chi connectivity index (χ3n) is 2.85. The van der Waals surface area contributed by atoms with Crippen molar-refractivity contribution in [2.24, 2.45) is 0 Å². The van der Waals surface area contributed by atoms with Gasteiger partial charge in [-0.05, 0) is 31.0 Å². The molecular formula is C12H15ClN4O2S. The van der Waals surface area contributed by atoms with Crippen molar-refractivity contribution in [2.45, 2.75) is 24.7 Å². The van der Waals surface area contributed by atoms with Crippen LogP contribution < -0.4 is 4.72 Å². The molecule has 0 spiro atoms. The van der Waals surface area contributed by atoms with Crippen molar-refractivity contribution >= 4 is 21.6 Å². The quantitative estimate of drug-likeness (QED) is 0.794. The van der Waals surface area contributed by atoms with Crippen LogP contribution in [-0.2, 0) is 16.4 Å². The molecular weight excluding hydrogens is 300 g/mol. The summed E-state index contributed by atoms with van der Waals surface area (Å²) in [6.45, 7) is 2.01. The van der Waals surface area contributed by atoms with E-state index in [9.17, 15) is 8.42 Å². The Morgan fingerprint density at radius 2 is 2.20 bits per heavy atom. The Labute approximate surface area is 122 Å². The van der Waals surface area contributed by atoms with Crippen LogP contribution in [-0.4, -0.2) is 30.1 Å². The van der Waals surface area contributed by atoms with Gasteiger partial charge in [-0.15, -0.1) is 0 Å². The van der Waals surface area contributed by atoms with Crippen LogP contribution in [0.2, 0.25) is 5.02 Å². The molecule has 0 unspecified atom stereocenters. The van der Waals surface area contributed by atoms with Crippen LogP contribution in [0.1, 0.15) is 17.8 Å². The average Bonchev–Trinajstić information content (AvgIpc) is 2.91. The van der Waals surface area contributed by atoms with E-state index in [1.54, 1.807) is 25.1 Å². The van der Waals surface area contributed by atoms with Gasteiger partial charge in [0.25, 0.3) is 0 Å². The Hall–Kier alpha value is -1.44. The van der Waals surface area contributed by atoms with E-state index >= 15 is 0 Å². The van der Waals surface area contributed by atoms with Crippen molar-refractivity contribution in [1.82, 2.24) is 19.9 Å². The standard InChI is InChI=1S/C12H15ClN4O2S/c1-9-10(13)4-2-5-11(9)20(18,19)16-7-3-6-12-14-8-15-17-12/h2,4-5,8,16H,3,6-7H2,1H3,(H,14,15,17). The lowest BCUT2D eigenvalue weighted by Gasteiger charge is -2.09. The molecule has 0 aliphatic carbocycles. The molecule has 1 aromatic carbocycles. The van der Waals surface area contributed by atoms with E-state index in [0.29, 0.717) is 30.0 Å². The number of H-pyrrole nitrogens is 1. The van der Waals surface area contributed by atoms with Gasteiger partial charge in [-0.3, -0.25) is 5.10 Å². The number of sulfonamides is 1. The van der Waals surface area contributed by atoms with Gasteiger partial charge in [0, 0.05) is 18.0 Å². The molecule has 8 heteroatoms. The lowest BCUT2D eigenvalue weighted by atomic mass is 10.2. The van der Waals surface area contributed by atoms with Gasteiger partial charge in [0.05, 0.1) is 4.90 Å². The molecule has 0 radical (unpaired) electrons. The summed E-state index contributed by atoms with van der Waals surface area (Å²) in [5, 5.41) is 6.90. The number of aromatic amines is 1. The van der Waals surface area contributed by atoms with Crippen LogP contribution in [0.3, 0.4) is 0 Å². The maximum absolute atomic E-state index is 12.2. The normalized spacial score (nSPS) is 11.7. The zero-order valence-electron chi connectivity index (χ0n) is 10.9. The molecule has 1 heterocycles. The maximum atomic E-state index is 12.2. The van der Waals surface area contributed by atoms with Crippen molar-refractivity contribution in [2.75, 3.05) is 6.54 Å². The smallest absolute Gasteiger partial charge is 0.240 e. The first-order valence-electron chi connectivity index (χ1n) is 6.10. The van der Waals surface area contributed by atoms with Crippen LogP contribution in [0.25, 0.3) is 0 Å². The van der Waals surface area contributed by atoms with E-state index in [4.69, 9.17) is 11.6 Å². The zero-order valence-corrected chi connectivity index (χ0v) is 12.5. The fourth-order valence-electron chi connectivity index (χ4n) is 1.77. The molecule has 20 heavy (non-hydrogen) atoms. The van der Waals surface area contributed by atoms with Gasteiger partial charge in [0.15, 0.2) is 0 Å². The molecule has 0 aliphatic rings. The first kappa shape index (κ1) is 15.0. The number of rotatable bonds is 6. The summed E-state index contributed by atoms with van der Waals surface area (Å²) in [5.41, 5.74) is 0.553. The average molecular weight is 315 g/mol. The van der Waals surface area contributed by atoms with Crippen molar-refractivity contribution < 1.29 is 8.42 Å². The van der Waals surface area contributed by atoms with Gasteiger partial charge in [-0.1, -0.05) is 17.7 Å². The van der Waals surface area contributed by atoms with Gasteiger partial charge in [0.1, 0.15) is 12.2 Å². The molecule has 2 aromatic rings. The minimum Gasteiger partial charge on any atom is -0.263 e. The monoisotopic (exact) mass is 314 g/mol. The first-order valence-corrected chi connectivity index (χ1v) is 7.96. The Morgan fingerprint density at radius 3 is 2.90 bits per heavy atom. The van der Waals surface area contributed by atoms with Crippen LogP contribution in [0, 0.1) is 6.92 Å². The van der Waals surface area contributed by atoms with Crippen molar-refractivity contribution in [3.63, 3.8) is 0 Å². The maximum Gasteiger partial charge on any atom is 0.240 e. The van der Waals surface area contributed by atoms with Gasteiger partial charge in [0.2, 0.25) is 10.0 Å². The van der Waals surface area contributed by atoms with Crippen molar-refractivity contribution in [3.8, 4) is 0 Å². The van der Waals surface area contributed by atoms with Gasteiger partial charge < -0.3 is 0 Å². The molecule has 0 amide bonds. The fraction of sp³-hybridized carbons (Fsp3) is 0.333. The predicted molar refractivity (Wildman–Crippen MR) is 76.1 cm³/mol. The van der Waals surface area contributed by atoms with Gasteiger partial charge in [-0.25, -0.2) is 18.1 Å². The summed E-state index contributed by atoms with van der Waals surface area (Å²) in [6.07, 6.45) is 2.69. The van der Waals surface area contributed by atoms with Crippen molar-refractivity contribution in [1.29, 1.82) is 0 Å². The number of benzene rings is 1. The SMILES string of the molecule is Cc1c(Cl)cccc1S(=O)(=O)NCCCc1ncn[nH]1. The third kappa shape index (κ3) is 3.56. The summed E-state index contributed by atoms with van der Waals surface area (Å²) in [5.74, 6) is 0.739. The Bertz CT molecular complexity index is 671. The zero-order chi connectivity index (χ0) is 14.6. The largest absolute Gasteiger partial charge is 0.263 e. The Morgan fingerprint density at radius 1 is 1.40 bits per heavy atom. The molecule has 0 aliphatic heterocycles. The second-order valence-corrected chi connectivity index (χ2v) is 6.44. The number of aromatic nitrogens is 3. The van der Waals surface area contributed by atoms with E-state index in [2.05, 4.69) is 19.9 Å². The molecule has 0 saturated heterocycles. The highest BCUT2D eigenvalue weighted by atomic mass is 35.5.